The average Bonchev–Trinajstić information content (AvgIpc) is 3.27. The fourth-order valence-corrected chi connectivity index (χ4v) is 4.90. The Balaban J connectivity index is 1.62. The van der Waals surface area contributed by atoms with E-state index in [1.165, 1.54) is 0 Å². The van der Waals surface area contributed by atoms with Crippen molar-refractivity contribution >= 4 is 69.1 Å². The van der Waals surface area contributed by atoms with E-state index in [4.69, 9.17) is 27.9 Å². The molecule has 3 aromatic rings. The topological polar surface area (TPSA) is 68.6 Å². The first-order valence-electron chi connectivity index (χ1n) is 10.7. The smallest absolute Gasteiger partial charge is 0.326 e. The number of imide groups is 1. The number of amides is 2. The van der Waals surface area contributed by atoms with Crippen LogP contribution in [0, 0.1) is 0 Å². The third kappa shape index (κ3) is 5.17. The van der Waals surface area contributed by atoms with Gasteiger partial charge in [-0.1, -0.05) is 54.4 Å². The number of benzene rings is 2. The third-order valence-corrected chi connectivity index (χ3v) is 7.02. The quantitative estimate of drug-likeness (QED) is 0.269. The predicted molar refractivity (Wildman–Crippen MR) is 136 cm³/mol. The number of hydrogen-bond acceptors (Lipinski definition) is 5. The first kappa shape index (κ1) is 24.4. The molecule has 1 aliphatic rings. The van der Waals surface area contributed by atoms with Gasteiger partial charge in [0.1, 0.15) is 6.54 Å². The Kier molecular flexibility index (Phi) is 7.36. The summed E-state index contributed by atoms with van der Waals surface area (Å²) in [4.78, 5) is 38.6. The molecule has 0 bridgehead atoms. The second kappa shape index (κ2) is 10.3. The van der Waals surface area contributed by atoms with Gasteiger partial charge in [0, 0.05) is 39.3 Å². The number of hydrogen-bond donors (Lipinski definition) is 0. The number of ether oxygens (including phenoxy) is 1. The zero-order valence-electron chi connectivity index (χ0n) is 18.6. The lowest BCUT2D eigenvalue weighted by molar-refractivity contribution is -0.150. The molecule has 0 radical (unpaired) electrons. The molecule has 1 aliphatic heterocycles. The molecule has 176 valence electrons. The molecule has 9 heteroatoms. The van der Waals surface area contributed by atoms with Gasteiger partial charge in [-0.3, -0.25) is 19.3 Å². The summed E-state index contributed by atoms with van der Waals surface area (Å²) in [6.07, 6.45) is 3.98. The maximum atomic E-state index is 12.9. The van der Waals surface area contributed by atoms with Gasteiger partial charge in [-0.25, -0.2) is 0 Å². The number of thioether (sulfide) groups is 1. The van der Waals surface area contributed by atoms with Crippen molar-refractivity contribution in [3.8, 4) is 0 Å². The molecule has 0 saturated carbocycles. The number of esters is 1. The summed E-state index contributed by atoms with van der Waals surface area (Å²) < 4.78 is 7.24. The monoisotopic (exact) mass is 516 g/mol. The van der Waals surface area contributed by atoms with Crippen LogP contribution in [-0.4, -0.2) is 39.2 Å². The number of fused-ring (bicyclic) bond motifs is 1. The van der Waals surface area contributed by atoms with Crippen LogP contribution in [0.25, 0.3) is 17.0 Å². The van der Waals surface area contributed by atoms with E-state index in [0.29, 0.717) is 23.0 Å². The Morgan fingerprint density at radius 1 is 1.18 bits per heavy atom. The molecule has 0 unspecified atom stereocenters. The summed E-state index contributed by atoms with van der Waals surface area (Å²) in [6.45, 7) is 3.76. The number of carbonyl (C=O) groups excluding carboxylic acids is 3. The fourth-order valence-electron chi connectivity index (χ4n) is 3.61. The molecular weight excluding hydrogens is 495 g/mol. The molecule has 0 spiro atoms. The lowest BCUT2D eigenvalue weighted by Crippen LogP contribution is -2.35. The highest BCUT2D eigenvalue weighted by molar-refractivity contribution is 8.18. The van der Waals surface area contributed by atoms with Gasteiger partial charge in [0.05, 0.1) is 11.0 Å². The minimum absolute atomic E-state index is 0.258. The molecule has 1 atom stereocenters. The molecule has 1 saturated heterocycles. The molecule has 0 N–H and O–H groups in total. The van der Waals surface area contributed by atoms with Crippen LogP contribution in [0.1, 0.15) is 31.4 Å². The van der Waals surface area contributed by atoms with Gasteiger partial charge in [0.2, 0.25) is 0 Å². The Labute approximate surface area is 211 Å². The van der Waals surface area contributed by atoms with E-state index < -0.39 is 23.7 Å². The summed E-state index contributed by atoms with van der Waals surface area (Å²) >= 11 is 13.2. The molecular formula is C25H22Cl2N2O4S. The van der Waals surface area contributed by atoms with Crippen molar-refractivity contribution in [3.63, 3.8) is 0 Å². The average molecular weight is 517 g/mol. The van der Waals surface area contributed by atoms with Gasteiger partial charge < -0.3 is 9.30 Å². The lowest BCUT2D eigenvalue weighted by Gasteiger charge is -2.14. The number of nitrogens with zero attached hydrogens (tertiary/aromatic N) is 2. The summed E-state index contributed by atoms with van der Waals surface area (Å²) in [5.41, 5.74) is 2.64. The maximum Gasteiger partial charge on any atom is 0.326 e. The van der Waals surface area contributed by atoms with E-state index in [2.05, 4.69) is 0 Å². The van der Waals surface area contributed by atoms with Crippen molar-refractivity contribution in [2.75, 3.05) is 6.54 Å². The zero-order valence-corrected chi connectivity index (χ0v) is 20.9. The van der Waals surface area contributed by atoms with Crippen molar-refractivity contribution in [3.05, 3.63) is 74.7 Å². The molecule has 34 heavy (non-hydrogen) atoms. The van der Waals surface area contributed by atoms with E-state index >= 15 is 0 Å². The van der Waals surface area contributed by atoms with Gasteiger partial charge in [0.25, 0.3) is 11.1 Å². The van der Waals surface area contributed by atoms with Crippen LogP contribution in [0.3, 0.4) is 0 Å². The van der Waals surface area contributed by atoms with Gasteiger partial charge in [-0.2, -0.15) is 0 Å². The highest BCUT2D eigenvalue weighted by Gasteiger charge is 2.37. The zero-order chi connectivity index (χ0) is 24.4. The number of para-hydroxylation sites is 1. The van der Waals surface area contributed by atoms with E-state index in [9.17, 15) is 14.4 Å². The van der Waals surface area contributed by atoms with Gasteiger partial charge >= 0.3 is 5.97 Å². The minimum atomic E-state index is -0.602. The normalized spacial score (nSPS) is 16.0. The Hall–Kier alpha value is -2.74. The van der Waals surface area contributed by atoms with Gasteiger partial charge in [0.15, 0.2) is 0 Å². The van der Waals surface area contributed by atoms with Crippen LogP contribution in [0.5, 0.6) is 0 Å². The molecule has 0 aliphatic carbocycles. The standard InChI is InChI=1S/C25H22Cl2N2O4S/c1-3-15(2)33-23(30)14-29-24(31)22(34-25(29)32)10-17-13-28(21-7-5-4-6-19(17)21)12-16-8-9-18(26)11-20(16)27/h4-11,13,15H,3,12,14H2,1-2H3/b22-10+/t15-/m1/s1. The number of aromatic nitrogens is 1. The minimum Gasteiger partial charge on any atom is -0.461 e. The second-order valence-electron chi connectivity index (χ2n) is 7.94. The fraction of sp³-hybridized carbons (Fsp3) is 0.240. The van der Waals surface area contributed by atoms with Gasteiger partial charge in [-0.15, -0.1) is 0 Å². The first-order chi connectivity index (χ1) is 16.3. The molecule has 1 fully saturated rings. The van der Waals surface area contributed by atoms with Crippen molar-refractivity contribution in [2.45, 2.75) is 32.9 Å². The summed E-state index contributed by atoms with van der Waals surface area (Å²) in [6, 6.07) is 13.1. The molecule has 2 aromatic carbocycles. The first-order valence-corrected chi connectivity index (χ1v) is 12.3. The summed E-state index contributed by atoms with van der Waals surface area (Å²) in [5.74, 6) is -1.11. The van der Waals surface area contributed by atoms with Gasteiger partial charge in [-0.05, 0) is 54.9 Å². The Morgan fingerprint density at radius 2 is 1.94 bits per heavy atom. The van der Waals surface area contributed by atoms with Crippen molar-refractivity contribution < 1.29 is 19.1 Å². The number of rotatable bonds is 7. The Morgan fingerprint density at radius 3 is 2.68 bits per heavy atom. The van der Waals surface area contributed by atoms with Crippen LogP contribution in [0.2, 0.25) is 10.0 Å². The third-order valence-electron chi connectivity index (χ3n) is 5.53. The molecule has 4 rings (SSSR count). The van der Waals surface area contributed by atoms with E-state index in [1.54, 1.807) is 25.1 Å². The highest BCUT2D eigenvalue weighted by atomic mass is 35.5. The van der Waals surface area contributed by atoms with Crippen molar-refractivity contribution in [2.24, 2.45) is 0 Å². The number of halogens is 2. The highest BCUT2D eigenvalue weighted by Crippen LogP contribution is 2.34. The van der Waals surface area contributed by atoms with E-state index in [-0.39, 0.29) is 11.0 Å². The SMILES string of the molecule is CC[C@@H](C)OC(=O)CN1C(=O)S/C(=C/c2cn(Cc3ccc(Cl)cc3Cl)c3ccccc23)C1=O. The molecule has 2 heterocycles. The molecule has 1 aromatic heterocycles. The largest absolute Gasteiger partial charge is 0.461 e. The summed E-state index contributed by atoms with van der Waals surface area (Å²) in [7, 11) is 0. The molecule has 6 nitrogen and oxygen atoms in total. The van der Waals surface area contributed by atoms with E-state index in [1.807, 2.05) is 48.0 Å². The lowest BCUT2D eigenvalue weighted by atomic mass is 10.1. The van der Waals surface area contributed by atoms with Crippen LogP contribution >= 0.6 is 35.0 Å². The maximum absolute atomic E-state index is 12.9. The second-order valence-corrected chi connectivity index (χ2v) is 9.78. The van der Waals surface area contributed by atoms with Crippen LogP contribution in [-0.2, 0) is 20.9 Å². The van der Waals surface area contributed by atoms with E-state index in [0.717, 1.165) is 38.7 Å². The van der Waals surface area contributed by atoms with Crippen molar-refractivity contribution in [1.29, 1.82) is 0 Å². The van der Waals surface area contributed by atoms with Crippen LogP contribution in [0.4, 0.5) is 4.79 Å². The summed E-state index contributed by atoms with van der Waals surface area (Å²) in [5, 5.41) is 1.57. The molecule has 2 amide bonds. The van der Waals surface area contributed by atoms with Crippen LogP contribution in [0.15, 0.2) is 53.6 Å². The predicted octanol–water partition coefficient (Wildman–Crippen LogP) is 6.37. The van der Waals surface area contributed by atoms with Crippen molar-refractivity contribution in [1.82, 2.24) is 9.47 Å². The van der Waals surface area contributed by atoms with Crippen LogP contribution < -0.4 is 0 Å². The number of carbonyl (C=O) groups is 3. The Bertz CT molecular complexity index is 1320.